The molecule has 2 rings (SSSR count). The lowest BCUT2D eigenvalue weighted by atomic mass is 9.98. The Hall–Kier alpha value is -1.72. The molecule has 2 aromatic rings. The third kappa shape index (κ3) is 4.89. The van der Waals surface area contributed by atoms with Crippen molar-refractivity contribution in [2.75, 3.05) is 7.05 Å². The van der Waals surface area contributed by atoms with E-state index in [1.165, 1.54) is 0 Å². The summed E-state index contributed by atoms with van der Waals surface area (Å²) in [6.45, 7) is 7.57. The summed E-state index contributed by atoms with van der Waals surface area (Å²) in [6.07, 6.45) is 1.49. The molecule has 1 heterocycles. The maximum Gasteiger partial charge on any atom is 0.254 e. The Morgan fingerprint density at radius 1 is 1.33 bits per heavy atom. The normalized spacial score (nSPS) is 12.9. The van der Waals surface area contributed by atoms with Gasteiger partial charge in [-0.1, -0.05) is 12.1 Å². The molecule has 0 spiro atoms. The molecule has 5 heteroatoms. The fourth-order valence-electron chi connectivity index (χ4n) is 2.37. The summed E-state index contributed by atoms with van der Waals surface area (Å²) in [7, 11) is 1.81. The Kier molecular flexibility index (Phi) is 5.78. The van der Waals surface area contributed by atoms with Crippen molar-refractivity contribution in [1.29, 1.82) is 0 Å². The van der Waals surface area contributed by atoms with Gasteiger partial charge in [0.05, 0.1) is 11.6 Å². The van der Waals surface area contributed by atoms with E-state index < -0.39 is 5.60 Å². The number of aryl methyl sites for hydroxylation is 2. The standard InChI is InChI=1S/C19H26N2O2S/c1-13-12-24-17(20-13)14(2)21(5)18(22)16-8-6-15(7-9-16)10-11-19(3,4)23/h6-9,12,14,23H,10-11H2,1-5H3. The topological polar surface area (TPSA) is 53.4 Å². The molecule has 1 amide bonds. The van der Waals surface area contributed by atoms with Crippen molar-refractivity contribution in [2.24, 2.45) is 0 Å². The van der Waals surface area contributed by atoms with Gasteiger partial charge in [0.2, 0.25) is 0 Å². The summed E-state index contributed by atoms with van der Waals surface area (Å²) in [4.78, 5) is 18.9. The minimum absolute atomic E-state index is 0.00982. The molecular weight excluding hydrogens is 320 g/mol. The number of amides is 1. The largest absolute Gasteiger partial charge is 0.390 e. The zero-order valence-corrected chi connectivity index (χ0v) is 15.9. The van der Waals surface area contributed by atoms with E-state index >= 15 is 0 Å². The van der Waals surface area contributed by atoms with Gasteiger partial charge < -0.3 is 10.0 Å². The Morgan fingerprint density at radius 3 is 2.46 bits per heavy atom. The van der Waals surface area contributed by atoms with E-state index in [0.29, 0.717) is 12.0 Å². The summed E-state index contributed by atoms with van der Waals surface area (Å²) >= 11 is 1.58. The summed E-state index contributed by atoms with van der Waals surface area (Å²) in [6, 6.07) is 7.60. The number of thiazole rings is 1. The fraction of sp³-hybridized carbons (Fsp3) is 0.474. The number of rotatable bonds is 6. The first kappa shape index (κ1) is 18.6. The molecule has 0 fully saturated rings. The third-order valence-corrected chi connectivity index (χ3v) is 5.25. The summed E-state index contributed by atoms with van der Waals surface area (Å²) in [5.41, 5.74) is 2.11. The Balaban J connectivity index is 2.03. The number of aromatic nitrogens is 1. The van der Waals surface area contributed by atoms with Crippen molar-refractivity contribution in [3.8, 4) is 0 Å². The molecule has 0 saturated heterocycles. The fourth-order valence-corrected chi connectivity index (χ4v) is 3.27. The average Bonchev–Trinajstić information content (AvgIpc) is 2.97. The van der Waals surface area contributed by atoms with Gasteiger partial charge in [0, 0.05) is 23.7 Å². The first-order chi connectivity index (χ1) is 11.2. The van der Waals surface area contributed by atoms with Gasteiger partial charge in [-0.3, -0.25) is 4.79 Å². The highest BCUT2D eigenvalue weighted by Gasteiger charge is 2.21. The molecule has 1 N–H and O–H groups in total. The lowest BCUT2D eigenvalue weighted by molar-refractivity contribution is 0.0711. The number of aliphatic hydroxyl groups is 1. The van der Waals surface area contributed by atoms with E-state index in [4.69, 9.17) is 0 Å². The van der Waals surface area contributed by atoms with Crippen LogP contribution in [0.1, 0.15) is 59.9 Å². The van der Waals surface area contributed by atoms with Gasteiger partial charge in [0.15, 0.2) is 0 Å². The lowest BCUT2D eigenvalue weighted by Gasteiger charge is -2.23. The van der Waals surface area contributed by atoms with Crippen LogP contribution in [0, 0.1) is 6.92 Å². The Labute approximate surface area is 148 Å². The van der Waals surface area contributed by atoms with Gasteiger partial charge >= 0.3 is 0 Å². The minimum atomic E-state index is -0.671. The lowest BCUT2D eigenvalue weighted by Crippen LogP contribution is -2.29. The van der Waals surface area contributed by atoms with E-state index in [1.807, 2.05) is 64.4 Å². The monoisotopic (exact) mass is 346 g/mol. The van der Waals surface area contributed by atoms with Crippen molar-refractivity contribution in [3.05, 3.63) is 51.5 Å². The van der Waals surface area contributed by atoms with Crippen molar-refractivity contribution in [1.82, 2.24) is 9.88 Å². The van der Waals surface area contributed by atoms with Crippen molar-refractivity contribution in [2.45, 2.75) is 52.2 Å². The summed E-state index contributed by atoms with van der Waals surface area (Å²) in [5.74, 6) is -0.00982. The summed E-state index contributed by atoms with van der Waals surface area (Å²) in [5, 5.41) is 12.8. The summed E-state index contributed by atoms with van der Waals surface area (Å²) < 4.78 is 0. The number of carbonyl (C=O) groups is 1. The average molecular weight is 346 g/mol. The molecule has 4 nitrogen and oxygen atoms in total. The maximum atomic E-state index is 12.7. The van der Waals surface area contributed by atoms with Crippen molar-refractivity contribution >= 4 is 17.2 Å². The molecule has 0 saturated carbocycles. The molecule has 1 aromatic heterocycles. The molecular formula is C19H26N2O2S. The van der Waals surface area contributed by atoms with E-state index in [0.717, 1.165) is 22.7 Å². The van der Waals surface area contributed by atoms with Crippen LogP contribution in [-0.2, 0) is 6.42 Å². The van der Waals surface area contributed by atoms with Crippen LogP contribution < -0.4 is 0 Å². The van der Waals surface area contributed by atoms with E-state index in [9.17, 15) is 9.90 Å². The van der Waals surface area contributed by atoms with E-state index in [-0.39, 0.29) is 11.9 Å². The van der Waals surface area contributed by atoms with Gasteiger partial charge in [-0.25, -0.2) is 4.98 Å². The third-order valence-electron chi connectivity index (χ3n) is 4.12. The number of benzene rings is 1. The molecule has 1 aromatic carbocycles. The predicted molar refractivity (Wildman–Crippen MR) is 98.4 cm³/mol. The van der Waals surface area contributed by atoms with Crippen LogP contribution >= 0.6 is 11.3 Å². The zero-order valence-electron chi connectivity index (χ0n) is 15.0. The van der Waals surface area contributed by atoms with Crippen LogP contribution in [0.3, 0.4) is 0 Å². The van der Waals surface area contributed by atoms with Gasteiger partial charge in [-0.05, 0) is 58.2 Å². The molecule has 0 radical (unpaired) electrons. The minimum Gasteiger partial charge on any atom is -0.390 e. The van der Waals surface area contributed by atoms with Gasteiger partial charge in [-0.2, -0.15) is 0 Å². The quantitative estimate of drug-likeness (QED) is 0.860. The number of hydrogen-bond donors (Lipinski definition) is 1. The van der Waals surface area contributed by atoms with Crippen molar-refractivity contribution in [3.63, 3.8) is 0 Å². The van der Waals surface area contributed by atoms with Gasteiger partial charge in [0.1, 0.15) is 5.01 Å². The molecule has 0 bridgehead atoms. The van der Waals surface area contributed by atoms with Crippen LogP contribution in [0.4, 0.5) is 0 Å². The first-order valence-corrected chi connectivity index (χ1v) is 9.06. The molecule has 1 unspecified atom stereocenters. The highest BCUT2D eigenvalue weighted by molar-refractivity contribution is 7.09. The zero-order chi connectivity index (χ0) is 17.9. The highest BCUT2D eigenvalue weighted by atomic mass is 32.1. The maximum absolute atomic E-state index is 12.7. The molecule has 130 valence electrons. The van der Waals surface area contributed by atoms with Gasteiger partial charge in [-0.15, -0.1) is 11.3 Å². The van der Waals surface area contributed by atoms with Crippen LogP contribution in [0.15, 0.2) is 29.6 Å². The van der Waals surface area contributed by atoms with Crippen LogP contribution in [0.5, 0.6) is 0 Å². The molecule has 24 heavy (non-hydrogen) atoms. The molecule has 1 atom stereocenters. The van der Waals surface area contributed by atoms with Gasteiger partial charge in [0.25, 0.3) is 5.91 Å². The second-order valence-corrected chi connectivity index (χ2v) is 7.82. The second-order valence-electron chi connectivity index (χ2n) is 6.93. The van der Waals surface area contributed by atoms with Crippen LogP contribution in [-0.4, -0.2) is 33.5 Å². The SMILES string of the molecule is Cc1csc(C(C)N(C)C(=O)c2ccc(CCC(C)(C)O)cc2)n1. The van der Waals surface area contributed by atoms with E-state index in [1.54, 1.807) is 16.2 Å². The second kappa shape index (κ2) is 7.45. The Morgan fingerprint density at radius 2 is 1.96 bits per heavy atom. The first-order valence-electron chi connectivity index (χ1n) is 8.18. The van der Waals surface area contributed by atoms with E-state index in [2.05, 4.69) is 4.98 Å². The number of carbonyl (C=O) groups excluding carboxylic acids is 1. The van der Waals surface area contributed by atoms with Crippen molar-refractivity contribution < 1.29 is 9.90 Å². The highest BCUT2D eigenvalue weighted by Crippen LogP contribution is 2.24. The Bertz CT molecular complexity index is 686. The predicted octanol–water partition coefficient (Wildman–Crippen LogP) is 3.99. The van der Waals surface area contributed by atoms with Crippen LogP contribution in [0.25, 0.3) is 0 Å². The molecule has 0 aliphatic carbocycles. The molecule has 0 aliphatic rings. The number of nitrogens with zero attached hydrogens (tertiary/aromatic N) is 2. The van der Waals surface area contributed by atoms with Crippen LogP contribution in [0.2, 0.25) is 0 Å². The smallest absolute Gasteiger partial charge is 0.254 e. The number of hydrogen-bond acceptors (Lipinski definition) is 4. The molecule has 0 aliphatic heterocycles.